The number of nitrogens with zero attached hydrogens (tertiary/aromatic N) is 3. The van der Waals surface area contributed by atoms with Gasteiger partial charge in [-0.2, -0.15) is 5.10 Å². The number of amides is 1. The van der Waals surface area contributed by atoms with Gasteiger partial charge in [-0.1, -0.05) is 42.5 Å². The van der Waals surface area contributed by atoms with Crippen LogP contribution in [0.5, 0.6) is 5.88 Å². The van der Waals surface area contributed by atoms with Crippen molar-refractivity contribution in [3.63, 3.8) is 0 Å². The number of carbonyl (C=O) groups excluding carboxylic acids is 1. The Balaban J connectivity index is 1.67. The minimum atomic E-state index is -0.214. The van der Waals surface area contributed by atoms with Gasteiger partial charge in [0, 0.05) is 11.5 Å². The van der Waals surface area contributed by atoms with Crippen molar-refractivity contribution in [1.29, 1.82) is 0 Å². The number of aromatic nitrogens is 3. The molecule has 1 N–H and O–H groups in total. The number of rotatable bonds is 5. The molecule has 6 nitrogen and oxygen atoms in total. The van der Waals surface area contributed by atoms with E-state index < -0.39 is 0 Å². The maximum Gasteiger partial charge on any atom is 0.256 e. The highest BCUT2D eigenvalue weighted by Crippen LogP contribution is 2.26. The maximum atomic E-state index is 13.2. The number of nitrogens with one attached hydrogen (secondary N) is 1. The summed E-state index contributed by atoms with van der Waals surface area (Å²) in [6.07, 6.45) is 0. The maximum absolute atomic E-state index is 13.2. The fourth-order valence-electron chi connectivity index (χ4n) is 3.61. The first kappa shape index (κ1) is 19.6. The van der Waals surface area contributed by atoms with Crippen molar-refractivity contribution in [3.8, 4) is 5.88 Å². The Hall–Kier alpha value is -3.67. The van der Waals surface area contributed by atoms with E-state index in [1.807, 2.05) is 54.9 Å². The second kappa shape index (κ2) is 7.99. The van der Waals surface area contributed by atoms with E-state index in [2.05, 4.69) is 34.5 Å². The standard InChI is InChI=1S/C24H24N4O2/c1-15-9-5-6-10-18(15)14-28-17(3)23(16(2)27-28)26-24(29)20-13-22(30-4)25-21-12-8-7-11-19(20)21/h5-13H,14H2,1-4H3,(H,26,29). The number of fused-ring (bicyclic) bond motifs is 1. The van der Waals surface area contributed by atoms with Gasteiger partial charge < -0.3 is 10.1 Å². The van der Waals surface area contributed by atoms with E-state index in [0.717, 1.165) is 22.5 Å². The number of carbonyl (C=O) groups is 1. The minimum absolute atomic E-state index is 0.214. The monoisotopic (exact) mass is 400 g/mol. The summed E-state index contributed by atoms with van der Waals surface area (Å²) in [5.41, 5.74) is 6.06. The number of pyridine rings is 1. The van der Waals surface area contributed by atoms with Crippen molar-refractivity contribution >= 4 is 22.5 Å². The first-order valence-corrected chi connectivity index (χ1v) is 9.81. The third-order valence-corrected chi connectivity index (χ3v) is 5.35. The van der Waals surface area contributed by atoms with Gasteiger partial charge in [0.1, 0.15) is 0 Å². The van der Waals surface area contributed by atoms with Gasteiger partial charge in [0.2, 0.25) is 5.88 Å². The fraction of sp³-hybridized carbons (Fsp3) is 0.208. The van der Waals surface area contributed by atoms with Crippen LogP contribution in [0.4, 0.5) is 5.69 Å². The molecule has 2 aromatic carbocycles. The van der Waals surface area contributed by atoms with Crippen molar-refractivity contribution in [2.24, 2.45) is 0 Å². The number of benzene rings is 2. The van der Waals surface area contributed by atoms with Gasteiger partial charge in [-0.05, 0) is 38.0 Å². The largest absolute Gasteiger partial charge is 0.481 e. The molecule has 30 heavy (non-hydrogen) atoms. The topological polar surface area (TPSA) is 69.0 Å². The molecule has 0 aliphatic rings. The summed E-state index contributed by atoms with van der Waals surface area (Å²) in [7, 11) is 1.54. The summed E-state index contributed by atoms with van der Waals surface area (Å²) in [6.45, 7) is 6.62. The second-order valence-electron chi connectivity index (χ2n) is 7.31. The minimum Gasteiger partial charge on any atom is -0.481 e. The molecular formula is C24H24N4O2. The first-order valence-electron chi connectivity index (χ1n) is 9.81. The molecule has 0 unspecified atom stereocenters. The fourth-order valence-corrected chi connectivity index (χ4v) is 3.61. The third-order valence-electron chi connectivity index (χ3n) is 5.35. The van der Waals surface area contributed by atoms with Crippen LogP contribution in [0.25, 0.3) is 10.9 Å². The number of para-hydroxylation sites is 1. The zero-order valence-electron chi connectivity index (χ0n) is 17.6. The van der Waals surface area contributed by atoms with Crippen LogP contribution in [0, 0.1) is 20.8 Å². The summed E-state index contributed by atoms with van der Waals surface area (Å²) in [5.74, 6) is 0.191. The van der Waals surface area contributed by atoms with Gasteiger partial charge in [-0.25, -0.2) is 4.98 Å². The van der Waals surface area contributed by atoms with Gasteiger partial charge in [-0.15, -0.1) is 0 Å². The van der Waals surface area contributed by atoms with E-state index in [0.29, 0.717) is 23.5 Å². The predicted octanol–water partition coefficient (Wildman–Crippen LogP) is 4.67. The number of hydrogen-bond donors (Lipinski definition) is 1. The quantitative estimate of drug-likeness (QED) is 0.529. The number of aryl methyl sites for hydroxylation is 2. The number of anilines is 1. The molecular weight excluding hydrogens is 376 g/mol. The Kier molecular flexibility index (Phi) is 5.23. The van der Waals surface area contributed by atoms with Crippen molar-refractivity contribution < 1.29 is 9.53 Å². The van der Waals surface area contributed by atoms with Crippen molar-refractivity contribution in [2.45, 2.75) is 27.3 Å². The summed E-state index contributed by atoms with van der Waals surface area (Å²) < 4.78 is 7.21. The molecule has 0 saturated heterocycles. The smallest absolute Gasteiger partial charge is 0.256 e. The van der Waals surface area contributed by atoms with E-state index in [-0.39, 0.29) is 5.91 Å². The van der Waals surface area contributed by atoms with Crippen LogP contribution in [0.1, 0.15) is 32.9 Å². The molecule has 4 rings (SSSR count). The lowest BCUT2D eigenvalue weighted by Crippen LogP contribution is -2.14. The number of ether oxygens (including phenoxy) is 1. The Bertz CT molecular complexity index is 1240. The zero-order valence-corrected chi connectivity index (χ0v) is 17.6. The second-order valence-corrected chi connectivity index (χ2v) is 7.31. The lowest BCUT2D eigenvalue weighted by atomic mass is 10.1. The molecule has 0 spiro atoms. The molecule has 0 aliphatic carbocycles. The molecule has 2 heterocycles. The Morgan fingerprint density at radius 1 is 1.07 bits per heavy atom. The molecule has 4 aromatic rings. The van der Waals surface area contributed by atoms with Gasteiger partial charge in [0.15, 0.2) is 0 Å². The molecule has 0 fully saturated rings. The molecule has 0 radical (unpaired) electrons. The van der Waals surface area contributed by atoms with Gasteiger partial charge in [0.25, 0.3) is 5.91 Å². The number of hydrogen-bond acceptors (Lipinski definition) is 4. The molecule has 0 bridgehead atoms. The van der Waals surface area contributed by atoms with E-state index >= 15 is 0 Å². The normalized spacial score (nSPS) is 10.9. The molecule has 6 heteroatoms. The van der Waals surface area contributed by atoms with Crippen LogP contribution in [-0.2, 0) is 6.54 Å². The highest BCUT2D eigenvalue weighted by Gasteiger charge is 2.18. The average molecular weight is 400 g/mol. The predicted molar refractivity (Wildman–Crippen MR) is 118 cm³/mol. The van der Waals surface area contributed by atoms with Crippen molar-refractivity contribution in [2.75, 3.05) is 12.4 Å². The number of methoxy groups -OCH3 is 1. The van der Waals surface area contributed by atoms with Gasteiger partial charge >= 0.3 is 0 Å². The Morgan fingerprint density at radius 3 is 2.57 bits per heavy atom. The van der Waals surface area contributed by atoms with Crippen molar-refractivity contribution in [3.05, 3.63) is 82.7 Å². The zero-order chi connectivity index (χ0) is 21.3. The molecule has 0 atom stereocenters. The SMILES string of the molecule is COc1cc(C(=O)Nc2c(C)nn(Cc3ccccc3C)c2C)c2ccccc2n1. The van der Waals surface area contributed by atoms with Crippen LogP contribution >= 0.6 is 0 Å². The highest BCUT2D eigenvalue weighted by molar-refractivity contribution is 6.13. The summed E-state index contributed by atoms with van der Waals surface area (Å²) in [6, 6.07) is 17.4. The van der Waals surface area contributed by atoms with Crippen molar-refractivity contribution in [1.82, 2.24) is 14.8 Å². The van der Waals surface area contributed by atoms with E-state index in [1.165, 1.54) is 11.1 Å². The molecule has 0 aliphatic heterocycles. The molecule has 2 aromatic heterocycles. The molecule has 0 saturated carbocycles. The van der Waals surface area contributed by atoms with Crippen LogP contribution in [0.2, 0.25) is 0 Å². The lowest BCUT2D eigenvalue weighted by molar-refractivity contribution is 0.102. The van der Waals surface area contributed by atoms with Crippen LogP contribution in [0.15, 0.2) is 54.6 Å². The van der Waals surface area contributed by atoms with Gasteiger partial charge in [-0.3, -0.25) is 9.48 Å². The Morgan fingerprint density at radius 2 is 1.80 bits per heavy atom. The summed E-state index contributed by atoms with van der Waals surface area (Å²) in [4.78, 5) is 17.6. The van der Waals surface area contributed by atoms with Crippen LogP contribution < -0.4 is 10.1 Å². The first-order chi connectivity index (χ1) is 14.5. The van der Waals surface area contributed by atoms with Crippen LogP contribution in [0.3, 0.4) is 0 Å². The van der Waals surface area contributed by atoms with E-state index in [4.69, 9.17) is 4.74 Å². The molecule has 1 amide bonds. The highest BCUT2D eigenvalue weighted by atomic mass is 16.5. The summed E-state index contributed by atoms with van der Waals surface area (Å²) >= 11 is 0. The Labute approximate surface area is 175 Å². The summed E-state index contributed by atoms with van der Waals surface area (Å²) in [5, 5.41) is 8.48. The lowest BCUT2D eigenvalue weighted by Gasteiger charge is -2.11. The van der Waals surface area contributed by atoms with Gasteiger partial charge in [0.05, 0.1) is 41.8 Å². The average Bonchev–Trinajstić information content (AvgIpc) is 3.01. The third kappa shape index (κ3) is 3.64. The van der Waals surface area contributed by atoms with E-state index in [1.54, 1.807) is 13.2 Å². The molecule has 152 valence electrons. The van der Waals surface area contributed by atoms with Crippen LogP contribution in [-0.4, -0.2) is 27.8 Å². The van der Waals surface area contributed by atoms with E-state index in [9.17, 15) is 4.79 Å².